The van der Waals surface area contributed by atoms with E-state index in [1.807, 2.05) is 50.2 Å². The Bertz CT molecular complexity index is 1430. The van der Waals surface area contributed by atoms with E-state index in [0.717, 1.165) is 47.1 Å². The van der Waals surface area contributed by atoms with Crippen molar-refractivity contribution in [2.45, 2.75) is 105 Å². The molecular weight excluding hydrogens is 518 g/mol. The maximum Gasteiger partial charge on any atom is 0.168 e. The fourth-order valence-electron chi connectivity index (χ4n) is 5.67. The number of phenolic OH excluding ortho intramolecular Hbond substituents is 2. The molecule has 4 aromatic rings. The van der Waals surface area contributed by atoms with Crippen LogP contribution in [0.25, 0.3) is 34.2 Å². The molecule has 0 radical (unpaired) electrons. The fraction of sp³-hybridized carbons (Fsp3) is 0.432. The van der Waals surface area contributed by atoms with Gasteiger partial charge in [-0.05, 0) is 63.3 Å². The molecule has 4 rings (SSSR count). The van der Waals surface area contributed by atoms with E-state index in [1.165, 1.54) is 62.5 Å². The lowest BCUT2D eigenvalue weighted by atomic mass is 10.0. The third-order valence-corrected chi connectivity index (χ3v) is 8.16. The van der Waals surface area contributed by atoms with Crippen molar-refractivity contribution in [1.82, 2.24) is 15.0 Å². The van der Waals surface area contributed by atoms with Crippen LogP contribution in [0.2, 0.25) is 0 Å². The Morgan fingerprint density at radius 3 is 1.40 bits per heavy atom. The number of hydrogen-bond acceptors (Lipinski definition) is 5. The number of unbranched alkanes of at least 4 members (excludes halogenated alkanes) is 9. The van der Waals surface area contributed by atoms with Gasteiger partial charge in [0.2, 0.25) is 0 Å². The predicted octanol–water partition coefficient (Wildman–Crippen LogP) is 9.98. The average molecular weight is 566 g/mol. The molecule has 0 saturated heterocycles. The number of hydrogen-bond donors (Lipinski definition) is 2. The summed E-state index contributed by atoms with van der Waals surface area (Å²) in [5.74, 6) is 1.17. The van der Waals surface area contributed by atoms with E-state index in [2.05, 4.69) is 32.9 Å². The second-order valence-corrected chi connectivity index (χ2v) is 11.8. The number of aromatic nitrogens is 3. The molecule has 0 aliphatic rings. The molecule has 0 spiro atoms. The van der Waals surface area contributed by atoms with E-state index in [0.29, 0.717) is 23.0 Å². The van der Waals surface area contributed by atoms with Gasteiger partial charge in [0.15, 0.2) is 29.0 Å². The number of benzene rings is 3. The Balaban J connectivity index is 1.56. The summed E-state index contributed by atoms with van der Waals surface area (Å²) in [4.78, 5) is 14.5. The monoisotopic (exact) mass is 565 g/mol. The first-order valence-electron chi connectivity index (χ1n) is 15.7. The average Bonchev–Trinajstić information content (AvgIpc) is 2.96. The lowest BCUT2D eigenvalue weighted by Gasteiger charge is -2.14. The first-order chi connectivity index (χ1) is 20.3. The highest BCUT2D eigenvalue weighted by Crippen LogP contribution is 2.39. The van der Waals surface area contributed by atoms with E-state index >= 15 is 0 Å². The van der Waals surface area contributed by atoms with E-state index in [9.17, 15) is 10.2 Å². The van der Waals surface area contributed by atoms with Crippen LogP contribution < -0.4 is 0 Å². The summed E-state index contributed by atoms with van der Waals surface area (Å²) < 4.78 is 0. The standard InChI is InChI=1S/C37H47N3O2/c1-6-7-8-9-10-11-12-13-14-15-16-29-19-22-32(34(42)33(29)41)37-39-35(30-20-17-25(2)23-27(30)4)38-36(40-37)31-21-18-26(3)24-28(31)5/h17-24,41-42H,6-16H2,1-5H3. The third-order valence-electron chi connectivity index (χ3n) is 8.16. The van der Waals surface area contributed by atoms with Crippen LogP contribution in [0.5, 0.6) is 11.5 Å². The minimum atomic E-state index is -0.177. The molecule has 2 N–H and O–H groups in total. The van der Waals surface area contributed by atoms with Crippen molar-refractivity contribution in [1.29, 1.82) is 0 Å². The van der Waals surface area contributed by atoms with Crippen LogP contribution in [0.1, 0.15) is 98.9 Å². The smallest absolute Gasteiger partial charge is 0.168 e. The number of aromatic hydroxyl groups is 2. The van der Waals surface area contributed by atoms with Crippen LogP contribution in [0, 0.1) is 27.7 Å². The molecular formula is C37H47N3O2. The lowest BCUT2D eigenvalue weighted by Crippen LogP contribution is -2.02. The maximum absolute atomic E-state index is 11.1. The molecule has 0 saturated carbocycles. The molecule has 1 heterocycles. The topological polar surface area (TPSA) is 79.1 Å². The molecule has 0 unspecified atom stereocenters. The minimum Gasteiger partial charge on any atom is -0.504 e. The minimum absolute atomic E-state index is 0.0787. The van der Waals surface area contributed by atoms with Crippen LogP contribution in [-0.2, 0) is 6.42 Å². The first-order valence-corrected chi connectivity index (χ1v) is 15.7. The zero-order valence-corrected chi connectivity index (χ0v) is 26.1. The highest BCUT2D eigenvalue weighted by molar-refractivity contribution is 5.74. The van der Waals surface area contributed by atoms with Gasteiger partial charge in [-0.15, -0.1) is 0 Å². The number of phenols is 2. The molecule has 0 fully saturated rings. The number of aryl methyl sites for hydroxylation is 5. The van der Waals surface area contributed by atoms with Crippen molar-refractivity contribution >= 4 is 0 Å². The van der Waals surface area contributed by atoms with Crippen LogP contribution in [0.4, 0.5) is 0 Å². The highest BCUT2D eigenvalue weighted by Gasteiger charge is 2.19. The lowest BCUT2D eigenvalue weighted by molar-refractivity contribution is 0.399. The van der Waals surface area contributed by atoms with Crippen molar-refractivity contribution in [3.05, 3.63) is 76.3 Å². The van der Waals surface area contributed by atoms with Crippen LogP contribution in [-0.4, -0.2) is 25.2 Å². The molecule has 3 aromatic carbocycles. The fourth-order valence-corrected chi connectivity index (χ4v) is 5.67. The van der Waals surface area contributed by atoms with Crippen LogP contribution in [0.15, 0.2) is 48.5 Å². The van der Waals surface area contributed by atoms with Gasteiger partial charge in [0.05, 0.1) is 5.56 Å². The second-order valence-electron chi connectivity index (χ2n) is 11.8. The molecule has 1 aromatic heterocycles. The summed E-state index contributed by atoms with van der Waals surface area (Å²) in [6.45, 7) is 10.5. The van der Waals surface area contributed by atoms with Gasteiger partial charge in [-0.25, -0.2) is 15.0 Å². The molecule has 0 amide bonds. The Morgan fingerprint density at radius 2 is 0.929 bits per heavy atom. The Labute approximate surface area is 252 Å². The van der Waals surface area contributed by atoms with Crippen molar-refractivity contribution in [2.75, 3.05) is 0 Å². The van der Waals surface area contributed by atoms with Crippen LogP contribution in [0.3, 0.4) is 0 Å². The molecule has 5 heteroatoms. The molecule has 5 nitrogen and oxygen atoms in total. The molecule has 222 valence electrons. The van der Waals surface area contributed by atoms with Gasteiger partial charge in [-0.1, -0.05) is 118 Å². The van der Waals surface area contributed by atoms with Gasteiger partial charge in [-0.2, -0.15) is 0 Å². The summed E-state index contributed by atoms with van der Waals surface area (Å²) >= 11 is 0. The van der Waals surface area contributed by atoms with E-state index in [4.69, 9.17) is 15.0 Å². The number of nitrogens with zero attached hydrogens (tertiary/aromatic N) is 3. The van der Waals surface area contributed by atoms with Gasteiger partial charge in [0, 0.05) is 11.1 Å². The molecule has 0 aliphatic carbocycles. The van der Waals surface area contributed by atoms with E-state index < -0.39 is 0 Å². The summed E-state index contributed by atoms with van der Waals surface area (Å²) in [7, 11) is 0. The van der Waals surface area contributed by atoms with Gasteiger partial charge in [-0.3, -0.25) is 0 Å². The third kappa shape index (κ3) is 7.96. The second kappa shape index (κ2) is 14.9. The summed E-state index contributed by atoms with van der Waals surface area (Å²) in [6, 6.07) is 16.1. The molecule has 0 aliphatic heterocycles. The summed E-state index contributed by atoms with van der Waals surface area (Å²) in [6.07, 6.45) is 13.3. The zero-order valence-electron chi connectivity index (χ0n) is 26.1. The normalized spacial score (nSPS) is 11.3. The zero-order chi connectivity index (χ0) is 30.1. The van der Waals surface area contributed by atoms with E-state index in [-0.39, 0.29) is 11.5 Å². The number of rotatable bonds is 14. The maximum atomic E-state index is 11.1. The summed E-state index contributed by atoms with van der Waals surface area (Å²) in [5.41, 5.74) is 7.46. The summed E-state index contributed by atoms with van der Waals surface area (Å²) in [5, 5.41) is 22.1. The molecule has 0 bridgehead atoms. The van der Waals surface area contributed by atoms with Gasteiger partial charge < -0.3 is 10.2 Å². The van der Waals surface area contributed by atoms with Gasteiger partial charge >= 0.3 is 0 Å². The molecule has 42 heavy (non-hydrogen) atoms. The van der Waals surface area contributed by atoms with Crippen molar-refractivity contribution in [2.24, 2.45) is 0 Å². The highest BCUT2D eigenvalue weighted by atomic mass is 16.3. The Kier molecular flexibility index (Phi) is 11.1. The Hall–Kier alpha value is -3.73. The van der Waals surface area contributed by atoms with Crippen molar-refractivity contribution in [3.63, 3.8) is 0 Å². The largest absolute Gasteiger partial charge is 0.504 e. The van der Waals surface area contributed by atoms with Gasteiger partial charge in [0.1, 0.15) is 0 Å². The van der Waals surface area contributed by atoms with Gasteiger partial charge in [0.25, 0.3) is 0 Å². The van der Waals surface area contributed by atoms with E-state index in [1.54, 1.807) is 0 Å². The van der Waals surface area contributed by atoms with Crippen LogP contribution >= 0.6 is 0 Å². The quantitative estimate of drug-likeness (QED) is 0.117. The SMILES string of the molecule is CCCCCCCCCCCCc1ccc(-c2nc(-c3ccc(C)cc3C)nc(-c3ccc(C)cc3C)n2)c(O)c1O. The van der Waals surface area contributed by atoms with Crippen molar-refractivity contribution < 1.29 is 10.2 Å². The van der Waals surface area contributed by atoms with Crippen molar-refractivity contribution in [3.8, 4) is 45.7 Å². The molecule has 0 atom stereocenters. The first kappa shape index (κ1) is 31.2. The Morgan fingerprint density at radius 1 is 0.500 bits per heavy atom. The predicted molar refractivity (Wildman–Crippen MR) is 174 cm³/mol.